The van der Waals surface area contributed by atoms with Gasteiger partial charge in [-0.2, -0.15) is 0 Å². The molecule has 6 heteroatoms. The van der Waals surface area contributed by atoms with Gasteiger partial charge in [-0.3, -0.25) is 0 Å². The maximum absolute atomic E-state index is 11.4. The summed E-state index contributed by atoms with van der Waals surface area (Å²) in [5.41, 5.74) is 0.797. The number of hydrogen-bond acceptors (Lipinski definition) is 5. The summed E-state index contributed by atoms with van der Waals surface area (Å²) in [6.45, 7) is 4.68. The van der Waals surface area contributed by atoms with Gasteiger partial charge in [0.15, 0.2) is 9.84 Å². The molecule has 16 heavy (non-hydrogen) atoms. The highest BCUT2D eigenvalue weighted by molar-refractivity contribution is 7.91. The SMILES string of the molecule is CCCS(=O)(=O)CCNCc1cc(C)on1. The smallest absolute Gasteiger partial charge is 0.151 e. The van der Waals surface area contributed by atoms with Gasteiger partial charge in [-0.15, -0.1) is 0 Å². The molecule has 0 aromatic carbocycles. The third-order valence-electron chi connectivity index (χ3n) is 2.09. The molecule has 0 aliphatic heterocycles. The molecule has 0 bridgehead atoms. The summed E-state index contributed by atoms with van der Waals surface area (Å²) in [6, 6.07) is 1.83. The van der Waals surface area contributed by atoms with E-state index in [1.54, 1.807) is 0 Å². The van der Waals surface area contributed by atoms with Crippen LogP contribution in [0.2, 0.25) is 0 Å². The van der Waals surface area contributed by atoms with Gasteiger partial charge >= 0.3 is 0 Å². The minimum Gasteiger partial charge on any atom is -0.361 e. The highest BCUT2D eigenvalue weighted by atomic mass is 32.2. The fourth-order valence-corrected chi connectivity index (χ4v) is 2.64. The van der Waals surface area contributed by atoms with Crippen LogP contribution in [0, 0.1) is 6.92 Å². The molecule has 0 fully saturated rings. The predicted molar refractivity (Wildman–Crippen MR) is 61.9 cm³/mol. The first-order valence-electron chi connectivity index (χ1n) is 5.37. The Morgan fingerprint density at radius 2 is 2.19 bits per heavy atom. The molecule has 1 N–H and O–H groups in total. The Balaban J connectivity index is 2.22. The lowest BCUT2D eigenvalue weighted by molar-refractivity contribution is 0.388. The Labute approximate surface area is 96.1 Å². The van der Waals surface area contributed by atoms with E-state index in [2.05, 4.69) is 10.5 Å². The van der Waals surface area contributed by atoms with Crippen molar-refractivity contribution in [2.45, 2.75) is 26.8 Å². The number of hydrogen-bond donors (Lipinski definition) is 1. The van der Waals surface area contributed by atoms with Gasteiger partial charge in [0.05, 0.1) is 11.4 Å². The molecule has 1 aromatic heterocycles. The molecule has 0 aliphatic rings. The van der Waals surface area contributed by atoms with Crippen molar-refractivity contribution in [3.05, 3.63) is 17.5 Å². The number of aryl methyl sites for hydroxylation is 1. The Morgan fingerprint density at radius 1 is 1.44 bits per heavy atom. The van der Waals surface area contributed by atoms with Gasteiger partial charge in [0.2, 0.25) is 0 Å². The fourth-order valence-electron chi connectivity index (χ4n) is 1.36. The quantitative estimate of drug-likeness (QED) is 0.724. The largest absolute Gasteiger partial charge is 0.361 e. The molecule has 1 aromatic rings. The van der Waals surface area contributed by atoms with Crippen LogP contribution in [-0.4, -0.2) is 31.6 Å². The first kappa shape index (κ1) is 13.2. The number of nitrogens with zero attached hydrogens (tertiary/aromatic N) is 1. The summed E-state index contributed by atoms with van der Waals surface area (Å²) in [7, 11) is -2.89. The molecule has 0 aliphatic carbocycles. The van der Waals surface area contributed by atoms with Gasteiger partial charge < -0.3 is 9.84 Å². The molecule has 5 nitrogen and oxygen atoms in total. The average Bonchev–Trinajstić information content (AvgIpc) is 2.59. The molecule has 0 unspecified atom stereocenters. The minimum atomic E-state index is -2.89. The van der Waals surface area contributed by atoms with Crippen LogP contribution in [0.3, 0.4) is 0 Å². The van der Waals surface area contributed by atoms with Crippen LogP contribution in [0.5, 0.6) is 0 Å². The molecule has 0 spiro atoms. The third kappa shape index (κ3) is 4.76. The van der Waals surface area contributed by atoms with Crippen LogP contribution in [0.25, 0.3) is 0 Å². The first-order valence-corrected chi connectivity index (χ1v) is 7.19. The van der Waals surface area contributed by atoms with Crippen LogP contribution < -0.4 is 5.32 Å². The lowest BCUT2D eigenvalue weighted by atomic mass is 10.4. The van der Waals surface area contributed by atoms with Crippen LogP contribution in [-0.2, 0) is 16.4 Å². The van der Waals surface area contributed by atoms with Gasteiger partial charge in [-0.25, -0.2) is 8.42 Å². The van der Waals surface area contributed by atoms with Crippen molar-refractivity contribution < 1.29 is 12.9 Å². The number of nitrogens with one attached hydrogen (secondary N) is 1. The topological polar surface area (TPSA) is 72.2 Å². The third-order valence-corrected chi connectivity index (χ3v) is 3.94. The highest BCUT2D eigenvalue weighted by Crippen LogP contribution is 2.00. The van der Waals surface area contributed by atoms with Crippen LogP contribution in [0.4, 0.5) is 0 Å². The van der Waals surface area contributed by atoms with Crippen molar-refractivity contribution in [3.63, 3.8) is 0 Å². The number of sulfone groups is 1. The van der Waals surface area contributed by atoms with Gasteiger partial charge in [-0.05, 0) is 13.3 Å². The van der Waals surface area contributed by atoms with E-state index in [0.717, 1.165) is 11.5 Å². The predicted octanol–water partition coefficient (Wildman–Crippen LogP) is 0.897. The summed E-state index contributed by atoms with van der Waals surface area (Å²) in [5, 5.41) is 6.83. The first-order chi connectivity index (χ1) is 7.53. The van der Waals surface area contributed by atoms with E-state index in [-0.39, 0.29) is 11.5 Å². The molecule has 0 amide bonds. The van der Waals surface area contributed by atoms with Gasteiger partial charge in [-0.1, -0.05) is 12.1 Å². The molecular weight excluding hydrogens is 228 g/mol. The molecule has 92 valence electrons. The monoisotopic (exact) mass is 246 g/mol. The minimum absolute atomic E-state index is 0.178. The van der Waals surface area contributed by atoms with Crippen molar-refractivity contribution in [2.24, 2.45) is 0 Å². The molecule has 0 atom stereocenters. The van der Waals surface area contributed by atoms with Gasteiger partial charge in [0, 0.05) is 24.9 Å². The van der Waals surface area contributed by atoms with Gasteiger partial charge in [0.25, 0.3) is 0 Å². The van der Waals surface area contributed by atoms with Crippen LogP contribution >= 0.6 is 0 Å². The van der Waals surface area contributed by atoms with Crippen molar-refractivity contribution in [3.8, 4) is 0 Å². The molecule has 1 heterocycles. The lowest BCUT2D eigenvalue weighted by Crippen LogP contribution is -2.24. The Hall–Kier alpha value is -0.880. The number of rotatable bonds is 7. The number of aromatic nitrogens is 1. The fraction of sp³-hybridized carbons (Fsp3) is 0.700. The van der Waals surface area contributed by atoms with E-state index < -0.39 is 9.84 Å². The lowest BCUT2D eigenvalue weighted by Gasteiger charge is -2.03. The Morgan fingerprint density at radius 3 is 2.75 bits per heavy atom. The zero-order valence-corrected chi connectivity index (χ0v) is 10.5. The zero-order valence-electron chi connectivity index (χ0n) is 9.69. The van der Waals surface area contributed by atoms with E-state index in [4.69, 9.17) is 4.52 Å². The summed E-state index contributed by atoms with van der Waals surface area (Å²) < 4.78 is 27.6. The molecule has 0 saturated heterocycles. The maximum atomic E-state index is 11.4. The van der Waals surface area contributed by atoms with Crippen molar-refractivity contribution in [2.75, 3.05) is 18.1 Å². The standard InChI is InChI=1S/C10H18N2O3S/c1-3-5-16(13,14)6-4-11-8-10-7-9(2)15-12-10/h7,11H,3-6,8H2,1-2H3. The van der Waals surface area contributed by atoms with Gasteiger partial charge in [0.1, 0.15) is 5.76 Å². The molecular formula is C10H18N2O3S. The Kier molecular flexibility index (Phi) is 4.95. The summed E-state index contributed by atoms with van der Waals surface area (Å²) >= 11 is 0. The van der Waals surface area contributed by atoms with E-state index in [1.807, 2.05) is 19.9 Å². The van der Waals surface area contributed by atoms with Crippen LogP contribution in [0.15, 0.2) is 10.6 Å². The normalized spacial score (nSPS) is 11.9. The molecule has 1 rings (SSSR count). The van der Waals surface area contributed by atoms with Crippen molar-refractivity contribution in [1.29, 1.82) is 0 Å². The molecule has 0 radical (unpaired) electrons. The molecule has 0 saturated carbocycles. The Bertz CT molecular complexity index is 411. The highest BCUT2D eigenvalue weighted by Gasteiger charge is 2.08. The van der Waals surface area contributed by atoms with Crippen molar-refractivity contribution in [1.82, 2.24) is 10.5 Å². The van der Waals surface area contributed by atoms with E-state index in [1.165, 1.54) is 0 Å². The second kappa shape index (κ2) is 6.00. The summed E-state index contributed by atoms with van der Waals surface area (Å²) in [5.74, 6) is 1.20. The summed E-state index contributed by atoms with van der Waals surface area (Å²) in [6.07, 6.45) is 0.671. The van der Waals surface area contributed by atoms with Crippen molar-refractivity contribution >= 4 is 9.84 Å². The summed E-state index contributed by atoms with van der Waals surface area (Å²) in [4.78, 5) is 0. The zero-order chi connectivity index (χ0) is 12.0. The van der Waals surface area contributed by atoms with Crippen LogP contribution in [0.1, 0.15) is 24.8 Å². The maximum Gasteiger partial charge on any atom is 0.151 e. The van der Waals surface area contributed by atoms with E-state index in [0.29, 0.717) is 19.5 Å². The second-order valence-electron chi connectivity index (χ2n) is 3.76. The average molecular weight is 246 g/mol. The second-order valence-corrected chi connectivity index (χ2v) is 6.06. The van der Waals surface area contributed by atoms with E-state index in [9.17, 15) is 8.42 Å². The van der Waals surface area contributed by atoms with E-state index >= 15 is 0 Å².